The van der Waals surface area contributed by atoms with Gasteiger partial charge in [0.05, 0.1) is 12.5 Å². The number of benzene rings is 1. The van der Waals surface area contributed by atoms with E-state index in [4.69, 9.17) is 13.9 Å². The van der Waals surface area contributed by atoms with Crippen LogP contribution in [0.5, 0.6) is 5.75 Å². The van der Waals surface area contributed by atoms with Gasteiger partial charge in [0.2, 0.25) is 5.89 Å². The highest BCUT2D eigenvalue weighted by molar-refractivity contribution is 5.45. The molecule has 0 aliphatic carbocycles. The molecule has 3 aromatic rings. The first-order valence-electron chi connectivity index (χ1n) is 7.87. The molecule has 0 bridgehead atoms. The first-order valence-corrected chi connectivity index (χ1v) is 7.87. The third-order valence-corrected chi connectivity index (χ3v) is 3.87. The molecular formula is C16H17N5O3. The van der Waals surface area contributed by atoms with Gasteiger partial charge in [0.1, 0.15) is 24.1 Å². The molecule has 8 nitrogen and oxygen atoms in total. The van der Waals surface area contributed by atoms with E-state index in [0.29, 0.717) is 24.1 Å². The predicted molar refractivity (Wildman–Crippen MR) is 82.8 cm³/mol. The van der Waals surface area contributed by atoms with E-state index in [1.165, 1.54) is 6.33 Å². The van der Waals surface area contributed by atoms with Crippen LogP contribution < -0.4 is 4.74 Å². The summed E-state index contributed by atoms with van der Waals surface area (Å²) in [5.74, 6) is 1.92. The van der Waals surface area contributed by atoms with Gasteiger partial charge in [0.25, 0.3) is 5.89 Å². The van der Waals surface area contributed by atoms with Crippen molar-refractivity contribution in [2.45, 2.75) is 25.4 Å². The minimum Gasteiger partial charge on any atom is -0.482 e. The number of aromatic nitrogens is 5. The first kappa shape index (κ1) is 14.8. The molecule has 3 heterocycles. The summed E-state index contributed by atoms with van der Waals surface area (Å²) in [4.78, 5) is 3.96. The van der Waals surface area contributed by atoms with Crippen LogP contribution in [-0.2, 0) is 11.3 Å². The lowest BCUT2D eigenvalue weighted by molar-refractivity contribution is 0.0717. The Balaban J connectivity index is 1.45. The minimum absolute atomic E-state index is 0.183. The molecule has 0 spiro atoms. The molecule has 1 saturated heterocycles. The summed E-state index contributed by atoms with van der Waals surface area (Å²) in [6.45, 7) is 1.64. The smallest absolute Gasteiger partial charge is 0.253 e. The molecule has 0 saturated carbocycles. The van der Waals surface area contributed by atoms with Gasteiger partial charge in [-0.25, -0.2) is 9.67 Å². The van der Waals surface area contributed by atoms with Crippen molar-refractivity contribution in [2.75, 3.05) is 13.2 Å². The van der Waals surface area contributed by atoms with Gasteiger partial charge >= 0.3 is 0 Å². The Morgan fingerprint density at radius 2 is 2.21 bits per heavy atom. The maximum absolute atomic E-state index is 5.83. The van der Waals surface area contributed by atoms with Gasteiger partial charge in [-0.15, -0.1) is 10.2 Å². The van der Waals surface area contributed by atoms with Crippen molar-refractivity contribution in [3.8, 4) is 11.4 Å². The highest BCUT2D eigenvalue weighted by atomic mass is 16.5. The van der Waals surface area contributed by atoms with Gasteiger partial charge in [-0.2, -0.15) is 5.10 Å². The molecule has 2 aromatic heterocycles. The van der Waals surface area contributed by atoms with Crippen molar-refractivity contribution in [2.24, 2.45) is 0 Å². The molecule has 1 aromatic carbocycles. The van der Waals surface area contributed by atoms with Crippen molar-refractivity contribution < 1.29 is 13.9 Å². The summed E-state index contributed by atoms with van der Waals surface area (Å²) >= 11 is 0. The van der Waals surface area contributed by atoms with E-state index < -0.39 is 0 Å². The topological polar surface area (TPSA) is 88.1 Å². The normalized spacial score (nSPS) is 17.8. The highest BCUT2D eigenvalue weighted by Crippen LogP contribution is 2.25. The van der Waals surface area contributed by atoms with Crippen LogP contribution in [0.3, 0.4) is 0 Å². The molecule has 0 radical (unpaired) electrons. The van der Waals surface area contributed by atoms with Crippen molar-refractivity contribution in [3.63, 3.8) is 0 Å². The fourth-order valence-electron chi connectivity index (χ4n) is 2.67. The number of hydrogen-bond donors (Lipinski definition) is 0. The van der Waals surface area contributed by atoms with E-state index in [1.807, 2.05) is 24.3 Å². The van der Waals surface area contributed by atoms with Crippen LogP contribution in [0.15, 0.2) is 41.3 Å². The van der Waals surface area contributed by atoms with Crippen LogP contribution in [-0.4, -0.2) is 38.2 Å². The highest BCUT2D eigenvalue weighted by Gasteiger charge is 2.22. The Morgan fingerprint density at radius 1 is 1.25 bits per heavy atom. The summed E-state index contributed by atoms with van der Waals surface area (Å²) in [5.41, 5.74) is 0.801. The van der Waals surface area contributed by atoms with Crippen LogP contribution in [0.4, 0.5) is 0 Å². The molecular weight excluding hydrogens is 310 g/mol. The van der Waals surface area contributed by atoms with E-state index >= 15 is 0 Å². The second-order valence-corrected chi connectivity index (χ2v) is 5.54. The zero-order valence-electron chi connectivity index (χ0n) is 13.0. The van der Waals surface area contributed by atoms with Crippen molar-refractivity contribution in [1.82, 2.24) is 25.0 Å². The third kappa shape index (κ3) is 3.13. The Bertz CT molecular complexity index is 781. The van der Waals surface area contributed by atoms with Gasteiger partial charge < -0.3 is 13.9 Å². The molecule has 24 heavy (non-hydrogen) atoms. The average molecular weight is 327 g/mol. The van der Waals surface area contributed by atoms with Crippen LogP contribution in [0.2, 0.25) is 0 Å². The summed E-state index contributed by atoms with van der Waals surface area (Å²) in [6.07, 6.45) is 5.13. The molecule has 1 fully saturated rings. The van der Waals surface area contributed by atoms with Crippen LogP contribution >= 0.6 is 0 Å². The quantitative estimate of drug-likeness (QED) is 0.709. The van der Waals surface area contributed by atoms with Crippen molar-refractivity contribution in [3.05, 3.63) is 48.7 Å². The predicted octanol–water partition coefficient (Wildman–Crippen LogP) is 2.12. The molecule has 1 aliphatic rings. The van der Waals surface area contributed by atoms with E-state index in [-0.39, 0.29) is 12.5 Å². The number of para-hydroxylation sites is 2. The molecule has 4 rings (SSSR count). The van der Waals surface area contributed by atoms with Crippen molar-refractivity contribution in [1.29, 1.82) is 0 Å². The third-order valence-electron chi connectivity index (χ3n) is 3.87. The van der Waals surface area contributed by atoms with Gasteiger partial charge in [0, 0.05) is 6.61 Å². The van der Waals surface area contributed by atoms with Crippen LogP contribution in [0.1, 0.15) is 30.5 Å². The standard InChI is InChI=1S/C16H17N5O3/c1-2-6-14(13(5-1)21-11-17-10-18-21)23-9-15-19-20-16(24-15)12-4-3-7-22-8-12/h1-2,5-6,10-12H,3-4,7-9H2. The average Bonchev–Trinajstić information content (AvgIpc) is 3.33. The molecule has 1 atom stereocenters. The lowest BCUT2D eigenvalue weighted by atomic mass is 10.0. The Morgan fingerprint density at radius 3 is 3.04 bits per heavy atom. The summed E-state index contributed by atoms with van der Waals surface area (Å²) < 4.78 is 18.6. The van der Waals surface area contributed by atoms with Gasteiger partial charge in [0.15, 0.2) is 6.61 Å². The Labute approximate surface area is 138 Å². The van der Waals surface area contributed by atoms with E-state index in [1.54, 1.807) is 11.0 Å². The molecule has 0 amide bonds. The van der Waals surface area contributed by atoms with Crippen molar-refractivity contribution >= 4 is 0 Å². The molecule has 1 unspecified atom stereocenters. The number of hydrogen-bond acceptors (Lipinski definition) is 7. The Kier molecular flexibility index (Phi) is 4.20. The second kappa shape index (κ2) is 6.79. The van der Waals surface area contributed by atoms with E-state index in [9.17, 15) is 0 Å². The lowest BCUT2D eigenvalue weighted by Crippen LogP contribution is -2.15. The van der Waals surface area contributed by atoms with Crippen LogP contribution in [0.25, 0.3) is 5.69 Å². The molecule has 124 valence electrons. The largest absolute Gasteiger partial charge is 0.482 e. The Hall–Kier alpha value is -2.74. The summed E-state index contributed by atoms with van der Waals surface area (Å²) in [6, 6.07) is 7.58. The SMILES string of the molecule is c1ccc(-n2cncn2)c(OCc2nnc(C3CCCOC3)o2)c1. The first-order chi connectivity index (χ1) is 11.9. The fourth-order valence-corrected chi connectivity index (χ4v) is 2.67. The van der Waals surface area contributed by atoms with Gasteiger partial charge in [-0.3, -0.25) is 0 Å². The monoisotopic (exact) mass is 327 g/mol. The number of nitrogens with zero attached hydrogens (tertiary/aromatic N) is 5. The zero-order chi connectivity index (χ0) is 16.2. The van der Waals surface area contributed by atoms with Crippen LogP contribution in [0, 0.1) is 0 Å². The second-order valence-electron chi connectivity index (χ2n) is 5.54. The summed E-state index contributed by atoms with van der Waals surface area (Å²) in [7, 11) is 0. The zero-order valence-corrected chi connectivity index (χ0v) is 13.0. The van der Waals surface area contributed by atoms with Gasteiger partial charge in [-0.1, -0.05) is 12.1 Å². The molecule has 1 aliphatic heterocycles. The number of rotatable bonds is 5. The molecule has 0 N–H and O–H groups in total. The maximum Gasteiger partial charge on any atom is 0.253 e. The number of ether oxygens (including phenoxy) is 2. The minimum atomic E-state index is 0.183. The summed E-state index contributed by atoms with van der Waals surface area (Å²) in [5, 5.41) is 12.3. The van der Waals surface area contributed by atoms with Gasteiger partial charge in [-0.05, 0) is 25.0 Å². The van der Waals surface area contributed by atoms with E-state index in [2.05, 4.69) is 20.3 Å². The molecule has 8 heteroatoms. The van der Waals surface area contributed by atoms with E-state index in [0.717, 1.165) is 25.1 Å². The fraction of sp³-hybridized carbons (Fsp3) is 0.375. The lowest BCUT2D eigenvalue weighted by Gasteiger charge is -2.18. The maximum atomic E-state index is 5.83.